The molecule has 1 saturated heterocycles. The molecular weight excluding hydrogens is 538 g/mol. The maximum absolute atomic E-state index is 15.1. The molecule has 0 unspecified atom stereocenters. The fourth-order valence-corrected chi connectivity index (χ4v) is 5.47. The summed E-state index contributed by atoms with van der Waals surface area (Å²) in [4.78, 5) is 4.17. The molecule has 0 atom stereocenters. The molecule has 0 radical (unpaired) electrons. The minimum atomic E-state index is -4.00. The standard InChI is InChI=1S/C23H24ClF4N5O3S/c1-31-6-8-32(9-7-31)10-11-37(34,35)33(17-4-5-19(25)18(24)13-17)14-16-3-2-15(12-20(16)26)22-29-30-23(36-22)21(27)28/h2-5,12-13,21H,6-11,14H2,1H3. The number of sulfonamides is 1. The van der Waals surface area contributed by atoms with Gasteiger partial charge >= 0.3 is 6.43 Å². The van der Waals surface area contributed by atoms with E-state index in [2.05, 4.69) is 15.1 Å². The zero-order valence-electron chi connectivity index (χ0n) is 19.8. The fourth-order valence-electron chi connectivity index (χ4n) is 3.82. The molecule has 0 saturated carbocycles. The van der Waals surface area contributed by atoms with Gasteiger partial charge in [-0.15, -0.1) is 10.2 Å². The van der Waals surface area contributed by atoms with Crippen molar-refractivity contribution in [3.05, 3.63) is 64.5 Å². The summed E-state index contributed by atoms with van der Waals surface area (Å²) in [6, 6.07) is 7.10. The second-order valence-corrected chi connectivity index (χ2v) is 11.0. The smallest absolute Gasteiger partial charge is 0.314 e. The van der Waals surface area contributed by atoms with Crippen molar-refractivity contribution < 1.29 is 30.4 Å². The van der Waals surface area contributed by atoms with E-state index in [1.165, 1.54) is 24.3 Å². The lowest BCUT2D eigenvalue weighted by Gasteiger charge is -2.33. The highest BCUT2D eigenvalue weighted by atomic mass is 35.5. The van der Waals surface area contributed by atoms with Crippen molar-refractivity contribution in [3.63, 3.8) is 0 Å². The van der Waals surface area contributed by atoms with Gasteiger partial charge in [0.25, 0.3) is 5.89 Å². The molecule has 0 N–H and O–H groups in total. The van der Waals surface area contributed by atoms with Crippen LogP contribution in [0.4, 0.5) is 23.2 Å². The van der Waals surface area contributed by atoms with Crippen molar-refractivity contribution in [2.45, 2.75) is 13.0 Å². The van der Waals surface area contributed by atoms with E-state index < -0.39 is 40.5 Å². The Morgan fingerprint density at radius 2 is 1.78 bits per heavy atom. The Morgan fingerprint density at radius 3 is 2.41 bits per heavy atom. The van der Waals surface area contributed by atoms with Crippen LogP contribution in [-0.2, 0) is 16.6 Å². The summed E-state index contributed by atoms with van der Waals surface area (Å²) in [5, 5.41) is 6.43. The molecule has 3 aromatic rings. The molecule has 8 nitrogen and oxygen atoms in total. The predicted molar refractivity (Wildman–Crippen MR) is 130 cm³/mol. The fraction of sp³-hybridized carbons (Fsp3) is 0.391. The zero-order chi connectivity index (χ0) is 26.7. The third kappa shape index (κ3) is 6.58. The van der Waals surface area contributed by atoms with Crippen LogP contribution >= 0.6 is 11.6 Å². The highest BCUT2D eigenvalue weighted by Gasteiger charge is 2.27. The number of likely N-dealkylation sites (N-methyl/N-ethyl adjacent to an activating group) is 1. The molecular formula is C23H24ClF4N5O3S. The predicted octanol–water partition coefficient (Wildman–Crippen LogP) is 4.19. The van der Waals surface area contributed by atoms with Crippen molar-refractivity contribution in [3.8, 4) is 11.5 Å². The van der Waals surface area contributed by atoms with E-state index in [-0.39, 0.29) is 40.0 Å². The molecule has 37 heavy (non-hydrogen) atoms. The van der Waals surface area contributed by atoms with Crippen molar-refractivity contribution in [1.29, 1.82) is 0 Å². The number of hydrogen-bond acceptors (Lipinski definition) is 7. The highest BCUT2D eigenvalue weighted by molar-refractivity contribution is 7.92. The number of benzene rings is 2. The topological polar surface area (TPSA) is 82.8 Å². The second-order valence-electron chi connectivity index (χ2n) is 8.62. The third-order valence-corrected chi connectivity index (χ3v) is 8.03. The molecule has 14 heteroatoms. The molecule has 2 aromatic carbocycles. The largest absolute Gasteiger partial charge is 0.415 e. The Kier molecular flexibility index (Phi) is 8.36. The second kappa shape index (κ2) is 11.3. The lowest BCUT2D eigenvalue weighted by molar-refractivity contribution is 0.116. The first-order valence-electron chi connectivity index (χ1n) is 11.3. The van der Waals surface area contributed by atoms with Gasteiger partial charge in [-0.3, -0.25) is 9.21 Å². The normalized spacial score (nSPS) is 15.4. The van der Waals surface area contributed by atoms with E-state index in [0.29, 0.717) is 13.1 Å². The Balaban J connectivity index is 1.59. The minimum absolute atomic E-state index is 0.0130. The SMILES string of the molecule is CN1CCN(CCS(=O)(=O)N(Cc2ccc(-c3nnc(C(F)F)o3)cc2F)c2ccc(F)c(Cl)c2)CC1. The average molecular weight is 562 g/mol. The van der Waals surface area contributed by atoms with Crippen LogP contribution < -0.4 is 4.31 Å². The van der Waals surface area contributed by atoms with Crippen LogP contribution in [0.1, 0.15) is 17.9 Å². The van der Waals surface area contributed by atoms with Gasteiger partial charge in [-0.2, -0.15) is 8.78 Å². The lowest BCUT2D eigenvalue weighted by Crippen LogP contribution is -2.47. The number of piperazine rings is 1. The Hall–Kier alpha value is -2.74. The van der Waals surface area contributed by atoms with Gasteiger partial charge in [-0.25, -0.2) is 17.2 Å². The Labute approximate surface area is 216 Å². The van der Waals surface area contributed by atoms with Gasteiger partial charge in [0.05, 0.1) is 23.0 Å². The van der Waals surface area contributed by atoms with E-state index in [1.807, 2.05) is 11.9 Å². The van der Waals surface area contributed by atoms with Crippen LogP contribution in [0.25, 0.3) is 11.5 Å². The van der Waals surface area contributed by atoms with Crippen LogP contribution in [0.2, 0.25) is 5.02 Å². The molecule has 1 aliphatic rings. The molecule has 200 valence electrons. The molecule has 0 spiro atoms. The first kappa shape index (κ1) is 27.3. The van der Waals surface area contributed by atoms with Crippen LogP contribution in [0.3, 0.4) is 0 Å². The van der Waals surface area contributed by atoms with E-state index in [1.54, 1.807) is 0 Å². The summed E-state index contributed by atoms with van der Waals surface area (Å²) in [6.45, 7) is 2.92. The molecule has 0 bridgehead atoms. The molecule has 0 amide bonds. The van der Waals surface area contributed by atoms with E-state index >= 15 is 4.39 Å². The monoisotopic (exact) mass is 561 g/mol. The van der Waals surface area contributed by atoms with E-state index in [0.717, 1.165) is 29.5 Å². The van der Waals surface area contributed by atoms with Gasteiger partial charge in [-0.05, 0) is 37.4 Å². The summed E-state index contributed by atoms with van der Waals surface area (Å²) in [5.74, 6) is -2.99. The zero-order valence-corrected chi connectivity index (χ0v) is 21.3. The van der Waals surface area contributed by atoms with Crippen molar-refractivity contribution >= 4 is 27.3 Å². The van der Waals surface area contributed by atoms with Crippen LogP contribution in [0.15, 0.2) is 40.8 Å². The van der Waals surface area contributed by atoms with Crippen LogP contribution in [0.5, 0.6) is 0 Å². The number of alkyl halides is 2. The maximum atomic E-state index is 15.1. The number of anilines is 1. The van der Waals surface area contributed by atoms with Crippen molar-refractivity contribution in [2.24, 2.45) is 0 Å². The van der Waals surface area contributed by atoms with Gasteiger partial charge in [-0.1, -0.05) is 17.7 Å². The maximum Gasteiger partial charge on any atom is 0.314 e. The number of halogens is 5. The molecule has 1 aromatic heterocycles. The molecule has 1 aliphatic heterocycles. The number of hydrogen-bond donors (Lipinski definition) is 0. The van der Waals surface area contributed by atoms with E-state index in [4.69, 9.17) is 16.0 Å². The van der Waals surface area contributed by atoms with Gasteiger partial charge in [0.15, 0.2) is 0 Å². The summed E-state index contributed by atoms with van der Waals surface area (Å²) in [7, 11) is -2.01. The summed E-state index contributed by atoms with van der Waals surface area (Å²) in [6.07, 6.45) is -2.97. The van der Waals surface area contributed by atoms with Crippen molar-refractivity contribution in [1.82, 2.24) is 20.0 Å². The summed E-state index contributed by atoms with van der Waals surface area (Å²) < 4.78 is 87.0. The Bertz CT molecular complexity index is 1350. The van der Waals surface area contributed by atoms with Crippen LogP contribution in [-0.4, -0.2) is 73.9 Å². The summed E-state index contributed by atoms with van der Waals surface area (Å²) in [5.41, 5.74) is 0.114. The number of rotatable bonds is 9. The first-order chi connectivity index (χ1) is 17.5. The average Bonchev–Trinajstić information content (AvgIpc) is 3.35. The van der Waals surface area contributed by atoms with Crippen LogP contribution in [0, 0.1) is 11.6 Å². The van der Waals surface area contributed by atoms with Gasteiger partial charge in [0.2, 0.25) is 15.9 Å². The van der Waals surface area contributed by atoms with Gasteiger partial charge in [0, 0.05) is 43.9 Å². The number of nitrogens with zero attached hydrogens (tertiary/aromatic N) is 5. The highest BCUT2D eigenvalue weighted by Crippen LogP contribution is 2.29. The van der Waals surface area contributed by atoms with E-state index in [9.17, 15) is 21.6 Å². The van der Waals surface area contributed by atoms with Gasteiger partial charge in [0.1, 0.15) is 11.6 Å². The molecule has 2 heterocycles. The lowest BCUT2D eigenvalue weighted by atomic mass is 10.1. The quantitative estimate of drug-likeness (QED) is 0.362. The molecule has 0 aliphatic carbocycles. The Morgan fingerprint density at radius 1 is 1.05 bits per heavy atom. The third-order valence-electron chi connectivity index (χ3n) is 6.03. The van der Waals surface area contributed by atoms with Crippen molar-refractivity contribution in [2.75, 3.05) is 49.8 Å². The summed E-state index contributed by atoms with van der Waals surface area (Å²) >= 11 is 5.91. The molecule has 4 rings (SSSR count). The van der Waals surface area contributed by atoms with Gasteiger partial charge < -0.3 is 9.32 Å². The first-order valence-corrected chi connectivity index (χ1v) is 13.3. The number of aromatic nitrogens is 2. The minimum Gasteiger partial charge on any atom is -0.415 e. The molecule has 1 fully saturated rings.